The highest BCUT2D eigenvalue weighted by molar-refractivity contribution is 7.99. The third-order valence-electron chi connectivity index (χ3n) is 2.21. The summed E-state index contributed by atoms with van der Waals surface area (Å²) in [7, 11) is 1.43. The van der Waals surface area contributed by atoms with Gasteiger partial charge >= 0.3 is 6.09 Å². The lowest BCUT2D eigenvalue weighted by Gasteiger charge is -2.29. The van der Waals surface area contributed by atoms with Crippen molar-refractivity contribution in [3.8, 4) is 0 Å². The van der Waals surface area contributed by atoms with Gasteiger partial charge in [-0.25, -0.2) is 4.79 Å². The van der Waals surface area contributed by atoms with E-state index in [9.17, 15) is 4.79 Å². The monoisotopic (exact) mass is 189 g/mol. The highest BCUT2D eigenvalue weighted by Crippen LogP contribution is 2.20. The van der Waals surface area contributed by atoms with Crippen molar-refractivity contribution in [3.63, 3.8) is 0 Å². The number of likely N-dealkylation sites (tertiary alicyclic amines) is 1. The zero-order chi connectivity index (χ0) is 8.97. The number of nitrogens with zero attached hydrogens (tertiary/aromatic N) is 1. The van der Waals surface area contributed by atoms with Crippen LogP contribution in [0.5, 0.6) is 0 Å². The van der Waals surface area contributed by atoms with Crippen molar-refractivity contribution in [2.24, 2.45) is 0 Å². The Morgan fingerprint density at radius 3 is 2.50 bits per heavy atom. The smallest absolute Gasteiger partial charge is 0.409 e. The van der Waals surface area contributed by atoms with E-state index in [0.717, 1.165) is 31.2 Å². The molecular formula is C8H15NO2S. The number of ether oxygens (including phenoxy) is 1. The van der Waals surface area contributed by atoms with E-state index in [-0.39, 0.29) is 6.09 Å². The number of rotatable bonds is 1. The summed E-state index contributed by atoms with van der Waals surface area (Å²) in [6, 6.07) is 0. The molecule has 1 saturated heterocycles. The SMILES string of the molecule is COC(=O)N1CCC(SC)CC1. The lowest BCUT2D eigenvalue weighted by Crippen LogP contribution is -2.39. The van der Waals surface area contributed by atoms with Crippen LogP contribution in [0, 0.1) is 0 Å². The zero-order valence-corrected chi connectivity index (χ0v) is 8.39. The molecule has 0 aromatic carbocycles. The fraction of sp³-hybridized carbons (Fsp3) is 0.875. The van der Waals surface area contributed by atoms with Gasteiger partial charge in [0, 0.05) is 18.3 Å². The molecule has 0 unspecified atom stereocenters. The Hall–Kier alpha value is -0.380. The molecule has 0 bridgehead atoms. The van der Waals surface area contributed by atoms with Crippen molar-refractivity contribution in [1.29, 1.82) is 0 Å². The molecule has 0 spiro atoms. The fourth-order valence-corrected chi connectivity index (χ4v) is 2.09. The van der Waals surface area contributed by atoms with Crippen LogP contribution in [0.1, 0.15) is 12.8 Å². The Morgan fingerprint density at radius 1 is 1.50 bits per heavy atom. The first-order valence-corrected chi connectivity index (χ1v) is 5.42. The summed E-state index contributed by atoms with van der Waals surface area (Å²) in [5.41, 5.74) is 0. The molecule has 1 rings (SSSR count). The summed E-state index contributed by atoms with van der Waals surface area (Å²) in [5.74, 6) is 0. The van der Waals surface area contributed by atoms with E-state index >= 15 is 0 Å². The zero-order valence-electron chi connectivity index (χ0n) is 7.58. The van der Waals surface area contributed by atoms with E-state index in [1.165, 1.54) is 7.11 Å². The molecule has 70 valence electrons. The van der Waals surface area contributed by atoms with Crippen LogP contribution in [-0.2, 0) is 4.74 Å². The van der Waals surface area contributed by atoms with Crippen LogP contribution in [-0.4, -0.2) is 42.7 Å². The van der Waals surface area contributed by atoms with Crippen LogP contribution in [0.25, 0.3) is 0 Å². The van der Waals surface area contributed by atoms with Crippen molar-refractivity contribution < 1.29 is 9.53 Å². The molecule has 0 radical (unpaired) electrons. The van der Waals surface area contributed by atoms with Gasteiger partial charge in [0.25, 0.3) is 0 Å². The average Bonchev–Trinajstić information content (AvgIpc) is 2.17. The molecule has 0 atom stereocenters. The van der Waals surface area contributed by atoms with Gasteiger partial charge in [-0.2, -0.15) is 11.8 Å². The van der Waals surface area contributed by atoms with Crippen molar-refractivity contribution in [3.05, 3.63) is 0 Å². The lowest BCUT2D eigenvalue weighted by molar-refractivity contribution is 0.116. The molecule has 1 amide bonds. The van der Waals surface area contributed by atoms with Crippen molar-refractivity contribution >= 4 is 17.9 Å². The van der Waals surface area contributed by atoms with Crippen molar-refractivity contribution in [2.75, 3.05) is 26.5 Å². The number of amides is 1. The quantitative estimate of drug-likeness (QED) is 0.627. The van der Waals surface area contributed by atoms with Crippen molar-refractivity contribution in [1.82, 2.24) is 4.90 Å². The largest absolute Gasteiger partial charge is 0.453 e. The van der Waals surface area contributed by atoms with Gasteiger partial charge in [0.2, 0.25) is 0 Å². The second kappa shape index (κ2) is 4.60. The summed E-state index contributed by atoms with van der Waals surface area (Å²) >= 11 is 1.89. The first-order chi connectivity index (χ1) is 5.77. The molecule has 0 aliphatic carbocycles. The third-order valence-corrected chi connectivity index (χ3v) is 3.35. The number of hydrogen-bond donors (Lipinski definition) is 0. The molecule has 1 fully saturated rings. The molecule has 1 aliphatic heterocycles. The number of methoxy groups -OCH3 is 1. The Balaban J connectivity index is 2.30. The summed E-state index contributed by atoms with van der Waals surface area (Å²) < 4.78 is 4.64. The van der Waals surface area contributed by atoms with Crippen LogP contribution in [0.2, 0.25) is 0 Å². The number of hydrogen-bond acceptors (Lipinski definition) is 3. The van der Waals surface area contributed by atoms with E-state index in [2.05, 4.69) is 11.0 Å². The first-order valence-electron chi connectivity index (χ1n) is 4.13. The van der Waals surface area contributed by atoms with E-state index in [0.29, 0.717) is 0 Å². The minimum Gasteiger partial charge on any atom is -0.453 e. The third kappa shape index (κ3) is 2.30. The van der Waals surface area contributed by atoms with Gasteiger partial charge in [-0.3, -0.25) is 0 Å². The van der Waals surface area contributed by atoms with E-state index < -0.39 is 0 Å². The van der Waals surface area contributed by atoms with E-state index in [1.54, 1.807) is 4.90 Å². The Labute approximate surface area is 77.4 Å². The number of carbonyl (C=O) groups is 1. The van der Waals surface area contributed by atoms with Gasteiger partial charge in [-0.05, 0) is 19.1 Å². The molecule has 0 N–H and O–H groups in total. The molecular weight excluding hydrogens is 174 g/mol. The molecule has 3 nitrogen and oxygen atoms in total. The summed E-state index contributed by atoms with van der Waals surface area (Å²) in [4.78, 5) is 12.8. The lowest BCUT2D eigenvalue weighted by atomic mass is 10.1. The standard InChI is InChI=1S/C8H15NO2S/c1-11-8(10)9-5-3-7(12-2)4-6-9/h7H,3-6H2,1-2H3. The normalized spacial score (nSPS) is 19.3. The maximum Gasteiger partial charge on any atom is 0.409 e. The topological polar surface area (TPSA) is 29.5 Å². The summed E-state index contributed by atoms with van der Waals surface area (Å²) in [6.45, 7) is 1.69. The van der Waals surface area contributed by atoms with Gasteiger partial charge in [0.1, 0.15) is 0 Å². The summed E-state index contributed by atoms with van der Waals surface area (Å²) in [5, 5.41) is 0.728. The average molecular weight is 189 g/mol. The molecule has 0 aromatic rings. The number of thioether (sulfide) groups is 1. The number of carbonyl (C=O) groups excluding carboxylic acids is 1. The van der Waals surface area contributed by atoms with Gasteiger partial charge in [-0.15, -0.1) is 0 Å². The van der Waals surface area contributed by atoms with Crippen LogP contribution < -0.4 is 0 Å². The minimum atomic E-state index is -0.186. The Morgan fingerprint density at radius 2 is 2.08 bits per heavy atom. The Bertz CT molecular complexity index is 155. The van der Waals surface area contributed by atoms with E-state index in [4.69, 9.17) is 0 Å². The Kier molecular flexibility index (Phi) is 3.72. The maximum atomic E-state index is 11.1. The van der Waals surface area contributed by atoms with Gasteiger partial charge < -0.3 is 9.64 Å². The summed E-state index contributed by atoms with van der Waals surface area (Å²) in [6.07, 6.45) is 4.12. The predicted molar refractivity (Wildman–Crippen MR) is 50.5 cm³/mol. The second-order valence-corrected chi connectivity index (χ2v) is 4.03. The first kappa shape index (κ1) is 9.71. The predicted octanol–water partition coefficient (Wildman–Crippen LogP) is 1.58. The maximum absolute atomic E-state index is 11.1. The molecule has 0 saturated carbocycles. The van der Waals surface area contributed by atoms with Gasteiger partial charge in [0.15, 0.2) is 0 Å². The van der Waals surface area contributed by atoms with Crippen LogP contribution in [0.15, 0.2) is 0 Å². The van der Waals surface area contributed by atoms with Gasteiger partial charge in [0.05, 0.1) is 7.11 Å². The highest BCUT2D eigenvalue weighted by Gasteiger charge is 2.21. The van der Waals surface area contributed by atoms with Crippen LogP contribution in [0.3, 0.4) is 0 Å². The molecule has 1 aliphatic rings. The minimum absolute atomic E-state index is 0.186. The molecule has 1 heterocycles. The van der Waals surface area contributed by atoms with Crippen molar-refractivity contribution in [2.45, 2.75) is 18.1 Å². The van der Waals surface area contributed by atoms with Gasteiger partial charge in [-0.1, -0.05) is 0 Å². The molecule has 4 heteroatoms. The number of piperidine rings is 1. The van der Waals surface area contributed by atoms with Crippen LogP contribution in [0.4, 0.5) is 4.79 Å². The molecule has 0 aromatic heterocycles. The second-order valence-electron chi connectivity index (χ2n) is 2.89. The van der Waals surface area contributed by atoms with Crippen LogP contribution >= 0.6 is 11.8 Å². The molecule has 12 heavy (non-hydrogen) atoms. The van der Waals surface area contributed by atoms with E-state index in [1.807, 2.05) is 11.8 Å². The fourth-order valence-electron chi connectivity index (χ4n) is 1.40. The highest BCUT2D eigenvalue weighted by atomic mass is 32.2.